The number of anilines is 3. The average molecular weight is 404 g/mol. The number of nitrogens with one attached hydrogen (secondary N) is 1. The van der Waals surface area contributed by atoms with Crippen LogP contribution in [0.4, 0.5) is 21.5 Å². The lowest BCUT2D eigenvalue weighted by Crippen LogP contribution is -2.39. The molecule has 1 aliphatic rings. The second-order valence-electron chi connectivity index (χ2n) is 6.50. The van der Waals surface area contributed by atoms with Crippen molar-refractivity contribution in [1.29, 1.82) is 0 Å². The summed E-state index contributed by atoms with van der Waals surface area (Å²) < 4.78 is 13.2. The monoisotopic (exact) mass is 403 g/mol. The zero-order chi connectivity index (χ0) is 20.4. The summed E-state index contributed by atoms with van der Waals surface area (Å²) in [5, 5.41) is 8.77. The molecule has 1 heterocycles. The van der Waals surface area contributed by atoms with E-state index in [1.54, 1.807) is 18.2 Å². The molecule has 0 saturated heterocycles. The number of rotatable bonds is 5. The maximum atomic E-state index is 13.2. The molecule has 28 heavy (non-hydrogen) atoms. The van der Waals surface area contributed by atoms with E-state index in [0.29, 0.717) is 16.4 Å². The van der Waals surface area contributed by atoms with E-state index in [-0.39, 0.29) is 12.1 Å². The first-order valence-corrected chi connectivity index (χ1v) is 8.84. The largest absolute Gasteiger partial charge is 0.376 e. The van der Waals surface area contributed by atoms with Crippen LogP contribution in [-0.4, -0.2) is 37.7 Å². The number of amides is 2. The molecule has 9 heteroatoms. The normalized spacial score (nSPS) is 15.9. The van der Waals surface area contributed by atoms with Crippen molar-refractivity contribution in [2.75, 3.05) is 29.3 Å². The highest BCUT2D eigenvalue weighted by atomic mass is 35.5. The van der Waals surface area contributed by atoms with E-state index in [4.69, 9.17) is 17.3 Å². The van der Waals surface area contributed by atoms with Gasteiger partial charge in [-0.05, 0) is 42.5 Å². The second-order valence-corrected chi connectivity index (χ2v) is 6.91. The molecule has 0 saturated carbocycles. The van der Waals surface area contributed by atoms with Gasteiger partial charge in [-0.1, -0.05) is 11.6 Å². The third-order valence-electron chi connectivity index (χ3n) is 4.28. The molecule has 3 N–H and O–H groups in total. The second kappa shape index (κ2) is 7.85. The number of nitrogens with zero attached hydrogens (tertiary/aromatic N) is 3. The van der Waals surface area contributed by atoms with Crippen LogP contribution in [0, 0.1) is 5.82 Å². The molecule has 0 fully saturated rings. The molecule has 3 rings (SSSR count). The Morgan fingerprint density at radius 3 is 2.50 bits per heavy atom. The van der Waals surface area contributed by atoms with Crippen LogP contribution < -0.4 is 21.0 Å². The fraction of sp³-hybridized carbons (Fsp3) is 0.211. The van der Waals surface area contributed by atoms with Crippen molar-refractivity contribution in [3.05, 3.63) is 53.3 Å². The molecule has 1 aliphatic heterocycles. The fourth-order valence-corrected chi connectivity index (χ4v) is 3.20. The number of carbonyl (C=O) groups excluding carboxylic acids is 2. The van der Waals surface area contributed by atoms with Crippen LogP contribution in [0.25, 0.3) is 0 Å². The molecule has 2 aromatic rings. The minimum Gasteiger partial charge on any atom is -0.376 e. The van der Waals surface area contributed by atoms with Crippen LogP contribution in [0.3, 0.4) is 0 Å². The average Bonchev–Trinajstić information content (AvgIpc) is 3.08. The van der Waals surface area contributed by atoms with E-state index >= 15 is 0 Å². The molecule has 1 unspecified atom stereocenters. The van der Waals surface area contributed by atoms with Gasteiger partial charge in [0.05, 0.1) is 16.4 Å². The van der Waals surface area contributed by atoms with Crippen LogP contribution in [0.1, 0.15) is 6.42 Å². The highest BCUT2D eigenvalue weighted by Gasteiger charge is 2.35. The summed E-state index contributed by atoms with van der Waals surface area (Å²) in [6.45, 7) is 0. The standard InChI is InChI=1S/C19H19ClFN5O2/c1-25(2)16-8-5-12(9-14(16)20)23-19(28)15-10-17(18(22)27)26(24-15)13-6-3-11(21)4-7-13/h3-9,17H,10H2,1-2H3,(H2,22,27)(H,23,28). The zero-order valence-corrected chi connectivity index (χ0v) is 16.1. The van der Waals surface area contributed by atoms with Crippen LogP contribution in [-0.2, 0) is 9.59 Å². The maximum absolute atomic E-state index is 13.2. The molecule has 1 atom stereocenters. The van der Waals surface area contributed by atoms with Gasteiger partial charge in [0, 0.05) is 26.2 Å². The summed E-state index contributed by atoms with van der Waals surface area (Å²) in [5.74, 6) is -1.52. The molecule has 0 radical (unpaired) electrons. The number of benzene rings is 2. The van der Waals surface area contributed by atoms with Crippen molar-refractivity contribution in [1.82, 2.24) is 0 Å². The third kappa shape index (κ3) is 4.07. The molecule has 7 nitrogen and oxygen atoms in total. The summed E-state index contributed by atoms with van der Waals surface area (Å²) in [5.41, 5.74) is 7.37. The Bertz CT molecular complexity index is 946. The number of primary amides is 1. The van der Waals surface area contributed by atoms with Crippen LogP contribution in [0.2, 0.25) is 5.02 Å². The van der Waals surface area contributed by atoms with Gasteiger partial charge in [0.2, 0.25) is 5.91 Å². The number of nitrogens with two attached hydrogens (primary N) is 1. The highest BCUT2D eigenvalue weighted by Crippen LogP contribution is 2.28. The number of halogens is 2. The first-order chi connectivity index (χ1) is 13.3. The minimum absolute atomic E-state index is 0.0437. The van der Waals surface area contributed by atoms with Crippen LogP contribution in [0.5, 0.6) is 0 Å². The van der Waals surface area contributed by atoms with Gasteiger partial charge >= 0.3 is 0 Å². The van der Waals surface area contributed by atoms with Crippen molar-refractivity contribution >= 4 is 46.2 Å². The van der Waals surface area contributed by atoms with Gasteiger partial charge in [0.15, 0.2) is 0 Å². The van der Waals surface area contributed by atoms with Gasteiger partial charge < -0.3 is 16.0 Å². The van der Waals surface area contributed by atoms with E-state index in [0.717, 1.165) is 5.69 Å². The van der Waals surface area contributed by atoms with Crippen molar-refractivity contribution in [2.24, 2.45) is 10.8 Å². The molecular weight excluding hydrogens is 385 g/mol. The van der Waals surface area contributed by atoms with E-state index in [1.807, 2.05) is 19.0 Å². The van der Waals surface area contributed by atoms with Crippen LogP contribution >= 0.6 is 11.6 Å². The summed E-state index contributed by atoms with van der Waals surface area (Å²) in [7, 11) is 3.72. The Balaban J connectivity index is 1.81. The smallest absolute Gasteiger partial charge is 0.271 e. The summed E-state index contributed by atoms with van der Waals surface area (Å²) >= 11 is 6.22. The molecule has 146 valence electrons. The van der Waals surface area contributed by atoms with Gasteiger partial charge in [0.25, 0.3) is 5.91 Å². The number of carbonyl (C=O) groups is 2. The van der Waals surface area contributed by atoms with Gasteiger partial charge in [-0.25, -0.2) is 4.39 Å². The molecule has 2 amide bonds. The van der Waals surface area contributed by atoms with E-state index in [1.165, 1.54) is 29.3 Å². The molecule has 0 bridgehead atoms. The highest BCUT2D eigenvalue weighted by molar-refractivity contribution is 6.44. The third-order valence-corrected chi connectivity index (χ3v) is 4.58. The first kappa shape index (κ1) is 19.6. The molecular formula is C19H19ClFN5O2. The summed E-state index contributed by atoms with van der Waals surface area (Å²) in [4.78, 5) is 26.3. The minimum atomic E-state index is -0.828. The van der Waals surface area contributed by atoms with Crippen LogP contribution in [0.15, 0.2) is 47.6 Å². The lowest BCUT2D eigenvalue weighted by Gasteiger charge is -2.20. The molecule has 0 aromatic heterocycles. The van der Waals surface area contributed by atoms with E-state index in [9.17, 15) is 14.0 Å². The molecule has 0 spiro atoms. The van der Waals surface area contributed by atoms with Gasteiger partial charge in [-0.2, -0.15) is 5.10 Å². The van der Waals surface area contributed by atoms with E-state index < -0.39 is 23.7 Å². The Labute approximate surface area is 166 Å². The molecule has 2 aromatic carbocycles. The Morgan fingerprint density at radius 2 is 1.93 bits per heavy atom. The van der Waals surface area contributed by atoms with Crippen molar-refractivity contribution in [3.63, 3.8) is 0 Å². The zero-order valence-electron chi connectivity index (χ0n) is 15.3. The Hall–Kier alpha value is -3.13. The number of hydrazone groups is 1. The predicted molar refractivity (Wildman–Crippen MR) is 108 cm³/mol. The summed E-state index contributed by atoms with van der Waals surface area (Å²) in [6.07, 6.45) is 0.0437. The Morgan fingerprint density at radius 1 is 1.25 bits per heavy atom. The maximum Gasteiger partial charge on any atom is 0.271 e. The summed E-state index contributed by atoms with van der Waals surface area (Å²) in [6, 6.07) is 9.73. The lowest BCUT2D eigenvalue weighted by molar-refractivity contribution is -0.119. The number of hydrogen-bond acceptors (Lipinski definition) is 5. The number of hydrogen-bond donors (Lipinski definition) is 2. The quantitative estimate of drug-likeness (QED) is 0.802. The van der Waals surface area contributed by atoms with Gasteiger partial charge in [0.1, 0.15) is 17.6 Å². The Kier molecular flexibility index (Phi) is 5.51. The van der Waals surface area contributed by atoms with Crippen molar-refractivity contribution < 1.29 is 14.0 Å². The first-order valence-electron chi connectivity index (χ1n) is 8.46. The SMILES string of the molecule is CN(C)c1ccc(NC(=O)C2=NN(c3ccc(F)cc3)C(C(N)=O)C2)cc1Cl. The fourth-order valence-electron chi connectivity index (χ4n) is 2.85. The van der Waals surface area contributed by atoms with Crippen molar-refractivity contribution in [3.8, 4) is 0 Å². The predicted octanol–water partition coefficient (Wildman–Crippen LogP) is 2.60. The van der Waals surface area contributed by atoms with Crippen molar-refractivity contribution in [2.45, 2.75) is 12.5 Å². The van der Waals surface area contributed by atoms with E-state index in [2.05, 4.69) is 10.4 Å². The molecule has 0 aliphatic carbocycles. The lowest BCUT2D eigenvalue weighted by atomic mass is 10.1. The van der Waals surface area contributed by atoms with Gasteiger partial charge in [-0.3, -0.25) is 14.6 Å². The topological polar surface area (TPSA) is 91.0 Å². The van der Waals surface area contributed by atoms with Gasteiger partial charge in [-0.15, -0.1) is 0 Å².